The highest BCUT2D eigenvalue weighted by Gasteiger charge is 2.35. The number of hydrazone groups is 1. The molecule has 0 spiro atoms. The topological polar surface area (TPSA) is 82.0 Å². The van der Waals surface area contributed by atoms with Gasteiger partial charge in [-0.1, -0.05) is 12.1 Å². The Hall–Kier alpha value is -2.37. The monoisotopic (exact) mass is 287 g/mol. The van der Waals surface area contributed by atoms with Crippen molar-refractivity contribution >= 4 is 17.5 Å². The lowest BCUT2D eigenvalue weighted by molar-refractivity contribution is -0.125. The Morgan fingerprint density at radius 1 is 1.38 bits per heavy atom. The number of nitrogens with zero attached hydrogens (tertiary/aromatic N) is 2. The first kappa shape index (κ1) is 13.6. The van der Waals surface area contributed by atoms with Gasteiger partial charge in [-0.2, -0.15) is 5.10 Å². The van der Waals surface area contributed by atoms with Crippen LogP contribution in [-0.2, 0) is 16.1 Å². The number of aromatic hydroxyl groups is 1. The van der Waals surface area contributed by atoms with E-state index in [1.165, 1.54) is 0 Å². The summed E-state index contributed by atoms with van der Waals surface area (Å²) in [4.78, 5) is 25.4. The number of carbonyl (C=O) groups excluding carboxylic acids is 2. The molecule has 0 aromatic heterocycles. The molecule has 0 atom stereocenters. The molecule has 1 saturated carbocycles. The third-order valence-corrected chi connectivity index (χ3v) is 3.66. The highest BCUT2D eigenvalue weighted by atomic mass is 16.3. The third kappa shape index (κ3) is 3.21. The van der Waals surface area contributed by atoms with Crippen molar-refractivity contribution in [2.45, 2.75) is 38.3 Å². The summed E-state index contributed by atoms with van der Waals surface area (Å²) >= 11 is 0. The van der Waals surface area contributed by atoms with E-state index in [4.69, 9.17) is 0 Å². The summed E-state index contributed by atoms with van der Waals surface area (Å²) in [5, 5.41) is 13.4. The van der Waals surface area contributed by atoms with Crippen molar-refractivity contribution in [3.63, 3.8) is 0 Å². The molecule has 1 aromatic rings. The molecule has 0 bridgehead atoms. The Morgan fingerprint density at radius 3 is 2.81 bits per heavy atom. The van der Waals surface area contributed by atoms with Crippen molar-refractivity contribution in [2.75, 3.05) is 0 Å². The lowest BCUT2D eigenvalue weighted by Crippen LogP contribution is -2.41. The number of benzene rings is 1. The van der Waals surface area contributed by atoms with Gasteiger partial charge < -0.3 is 10.0 Å². The summed E-state index contributed by atoms with van der Waals surface area (Å²) in [5.41, 5.74) is 3.65. The van der Waals surface area contributed by atoms with Gasteiger partial charge >= 0.3 is 0 Å². The molecule has 1 heterocycles. The van der Waals surface area contributed by atoms with Crippen LogP contribution in [0.15, 0.2) is 29.4 Å². The van der Waals surface area contributed by atoms with Crippen molar-refractivity contribution in [2.24, 2.45) is 5.10 Å². The summed E-state index contributed by atoms with van der Waals surface area (Å²) in [5.74, 6) is -0.0867. The van der Waals surface area contributed by atoms with Crippen molar-refractivity contribution < 1.29 is 14.7 Å². The van der Waals surface area contributed by atoms with E-state index in [2.05, 4.69) is 10.5 Å². The summed E-state index contributed by atoms with van der Waals surface area (Å²) in [6.07, 6.45) is 2.66. The van der Waals surface area contributed by atoms with Crippen LogP contribution in [0.1, 0.15) is 31.2 Å². The maximum absolute atomic E-state index is 12.6. The molecule has 3 rings (SSSR count). The van der Waals surface area contributed by atoms with Gasteiger partial charge in [0, 0.05) is 25.4 Å². The number of phenols is 1. The predicted molar refractivity (Wildman–Crippen MR) is 76.5 cm³/mol. The van der Waals surface area contributed by atoms with Crippen LogP contribution in [0.5, 0.6) is 5.75 Å². The van der Waals surface area contributed by atoms with Crippen LogP contribution in [0.25, 0.3) is 0 Å². The largest absolute Gasteiger partial charge is 0.508 e. The van der Waals surface area contributed by atoms with Gasteiger partial charge in [0.25, 0.3) is 5.91 Å². The van der Waals surface area contributed by atoms with E-state index in [1.54, 1.807) is 23.1 Å². The van der Waals surface area contributed by atoms with Crippen molar-refractivity contribution in [3.8, 4) is 5.75 Å². The van der Waals surface area contributed by atoms with Gasteiger partial charge in [-0.15, -0.1) is 0 Å². The highest BCUT2D eigenvalue weighted by molar-refractivity contribution is 6.39. The number of nitrogens with one attached hydrogen (secondary N) is 1. The van der Waals surface area contributed by atoms with Gasteiger partial charge in [-0.3, -0.25) is 9.59 Å². The number of hydrogen-bond acceptors (Lipinski definition) is 4. The minimum atomic E-state index is -0.155. The summed E-state index contributed by atoms with van der Waals surface area (Å²) in [6.45, 7) is 0.449. The third-order valence-electron chi connectivity index (χ3n) is 3.66. The number of phenolic OH excluding ortho intramolecular Hbond substituents is 1. The Morgan fingerprint density at radius 2 is 2.19 bits per heavy atom. The SMILES string of the molecule is O=C1CCC(C(=O)N(Cc2cccc(O)c2)C2CC2)=NN1. The zero-order chi connectivity index (χ0) is 14.8. The summed E-state index contributed by atoms with van der Waals surface area (Å²) < 4.78 is 0. The van der Waals surface area contributed by atoms with Gasteiger partial charge in [0.1, 0.15) is 11.5 Å². The molecular formula is C15H17N3O3. The smallest absolute Gasteiger partial charge is 0.270 e. The van der Waals surface area contributed by atoms with Gasteiger partial charge in [0.15, 0.2) is 0 Å². The average molecular weight is 287 g/mol. The van der Waals surface area contributed by atoms with Gasteiger partial charge in [0.2, 0.25) is 5.91 Å². The van der Waals surface area contributed by atoms with Crippen LogP contribution in [-0.4, -0.2) is 33.6 Å². The Kier molecular flexibility index (Phi) is 3.60. The molecule has 6 heteroatoms. The number of amides is 2. The Bertz CT molecular complexity index is 608. The first-order chi connectivity index (χ1) is 10.1. The molecule has 0 radical (unpaired) electrons. The number of rotatable bonds is 4. The molecule has 0 unspecified atom stereocenters. The van der Waals surface area contributed by atoms with Crippen LogP contribution in [0, 0.1) is 0 Å². The summed E-state index contributed by atoms with van der Waals surface area (Å²) in [7, 11) is 0. The van der Waals surface area contributed by atoms with Crippen molar-refractivity contribution in [1.82, 2.24) is 10.3 Å². The van der Waals surface area contributed by atoms with E-state index in [1.807, 2.05) is 6.07 Å². The fraction of sp³-hybridized carbons (Fsp3) is 0.400. The maximum atomic E-state index is 12.6. The Labute approximate surface area is 122 Å². The van der Waals surface area contributed by atoms with E-state index in [9.17, 15) is 14.7 Å². The molecular weight excluding hydrogens is 270 g/mol. The normalized spacial score (nSPS) is 17.9. The highest BCUT2D eigenvalue weighted by Crippen LogP contribution is 2.29. The maximum Gasteiger partial charge on any atom is 0.270 e. The molecule has 1 aliphatic carbocycles. The first-order valence-electron chi connectivity index (χ1n) is 7.08. The van der Waals surface area contributed by atoms with Crippen LogP contribution in [0.2, 0.25) is 0 Å². The molecule has 110 valence electrons. The fourth-order valence-electron chi connectivity index (χ4n) is 2.40. The summed E-state index contributed by atoms with van der Waals surface area (Å²) in [6, 6.07) is 7.15. The number of hydrogen-bond donors (Lipinski definition) is 2. The minimum absolute atomic E-state index is 0.124. The standard InChI is InChI=1S/C15H17N3O3/c19-12-3-1-2-10(8-12)9-18(11-4-5-11)15(21)13-6-7-14(20)17-16-13/h1-3,8,11,19H,4-7,9H2,(H,17,20). The zero-order valence-electron chi connectivity index (χ0n) is 11.6. The van der Waals surface area contributed by atoms with E-state index in [0.29, 0.717) is 25.1 Å². The molecule has 6 nitrogen and oxygen atoms in total. The molecule has 1 aliphatic heterocycles. The molecule has 21 heavy (non-hydrogen) atoms. The second-order valence-corrected chi connectivity index (χ2v) is 5.43. The van der Waals surface area contributed by atoms with E-state index < -0.39 is 0 Å². The zero-order valence-corrected chi connectivity index (χ0v) is 11.6. The minimum Gasteiger partial charge on any atom is -0.508 e. The average Bonchev–Trinajstić information content (AvgIpc) is 3.29. The van der Waals surface area contributed by atoms with Crippen molar-refractivity contribution in [1.29, 1.82) is 0 Å². The number of carbonyl (C=O) groups is 2. The van der Waals surface area contributed by atoms with Crippen LogP contribution in [0.4, 0.5) is 0 Å². The van der Waals surface area contributed by atoms with E-state index >= 15 is 0 Å². The van der Waals surface area contributed by atoms with Gasteiger partial charge in [0.05, 0.1) is 0 Å². The fourth-order valence-corrected chi connectivity index (χ4v) is 2.40. The predicted octanol–water partition coefficient (Wildman–Crippen LogP) is 1.15. The molecule has 2 N–H and O–H groups in total. The lowest BCUT2D eigenvalue weighted by Gasteiger charge is -2.24. The molecule has 1 aromatic carbocycles. The molecule has 2 amide bonds. The Balaban J connectivity index is 1.75. The van der Waals surface area contributed by atoms with Crippen LogP contribution >= 0.6 is 0 Å². The van der Waals surface area contributed by atoms with Crippen LogP contribution < -0.4 is 5.43 Å². The molecule has 0 saturated heterocycles. The van der Waals surface area contributed by atoms with Crippen LogP contribution in [0.3, 0.4) is 0 Å². The van der Waals surface area contributed by atoms with E-state index in [0.717, 1.165) is 18.4 Å². The second-order valence-electron chi connectivity index (χ2n) is 5.43. The van der Waals surface area contributed by atoms with Gasteiger partial charge in [-0.05, 0) is 30.5 Å². The molecule has 2 aliphatic rings. The van der Waals surface area contributed by atoms with Crippen molar-refractivity contribution in [3.05, 3.63) is 29.8 Å². The second kappa shape index (κ2) is 5.55. The quantitative estimate of drug-likeness (QED) is 0.871. The van der Waals surface area contributed by atoms with Gasteiger partial charge in [-0.25, -0.2) is 5.43 Å². The lowest BCUT2D eigenvalue weighted by atomic mass is 10.1. The first-order valence-corrected chi connectivity index (χ1v) is 7.08. The van der Waals surface area contributed by atoms with E-state index in [-0.39, 0.29) is 23.6 Å². The molecule has 1 fully saturated rings.